The van der Waals surface area contributed by atoms with Gasteiger partial charge in [-0.3, -0.25) is 4.79 Å². The average molecular weight is 231 g/mol. The minimum atomic E-state index is -0.144. The second-order valence-corrected chi connectivity index (χ2v) is 3.79. The molecule has 1 rings (SSSR count). The molecule has 1 aromatic rings. The molecule has 0 fully saturated rings. The molecular formula is C14H17NO2. The molecule has 0 unspecified atom stereocenters. The summed E-state index contributed by atoms with van der Waals surface area (Å²) in [4.78, 5) is 11.4. The Morgan fingerprint density at radius 2 is 2.24 bits per heavy atom. The lowest BCUT2D eigenvalue weighted by Crippen LogP contribution is -2.10. The molecule has 1 amide bonds. The summed E-state index contributed by atoms with van der Waals surface area (Å²) >= 11 is 0. The summed E-state index contributed by atoms with van der Waals surface area (Å²) in [5.41, 5.74) is 2.64. The second kappa shape index (κ2) is 6.72. The van der Waals surface area contributed by atoms with Crippen LogP contribution in [0.4, 0.5) is 5.69 Å². The van der Waals surface area contributed by atoms with Crippen molar-refractivity contribution in [1.29, 1.82) is 0 Å². The molecule has 0 saturated heterocycles. The lowest BCUT2D eigenvalue weighted by molar-refractivity contribution is -0.116. The van der Waals surface area contributed by atoms with Crippen molar-refractivity contribution in [2.75, 3.05) is 11.9 Å². The third kappa shape index (κ3) is 4.29. The van der Waals surface area contributed by atoms with Crippen LogP contribution in [0.2, 0.25) is 0 Å². The molecule has 0 radical (unpaired) electrons. The van der Waals surface area contributed by atoms with E-state index in [0.29, 0.717) is 6.42 Å². The number of aryl methyl sites for hydroxylation is 1. The molecule has 0 spiro atoms. The summed E-state index contributed by atoms with van der Waals surface area (Å²) in [6, 6.07) is 5.55. The number of nitrogens with one attached hydrogen (secondary N) is 1. The third-order valence-electron chi connectivity index (χ3n) is 2.29. The fourth-order valence-corrected chi connectivity index (χ4v) is 1.47. The van der Waals surface area contributed by atoms with Gasteiger partial charge in [-0.25, -0.2) is 0 Å². The Bertz CT molecular complexity index is 455. The van der Waals surface area contributed by atoms with Gasteiger partial charge in [0.1, 0.15) is 6.61 Å². The SMILES string of the molecule is CCCC(=O)Nc1ccc(C#CCO)c(C)c1. The lowest BCUT2D eigenvalue weighted by atomic mass is 10.1. The number of rotatable bonds is 3. The maximum Gasteiger partial charge on any atom is 0.224 e. The van der Waals surface area contributed by atoms with E-state index < -0.39 is 0 Å². The molecule has 0 aliphatic rings. The Balaban J connectivity index is 2.78. The van der Waals surface area contributed by atoms with Crippen LogP contribution >= 0.6 is 0 Å². The van der Waals surface area contributed by atoms with Crippen molar-refractivity contribution in [3.05, 3.63) is 29.3 Å². The summed E-state index contributed by atoms with van der Waals surface area (Å²) < 4.78 is 0. The van der Waals surface area contributed by atoms with Crippen molar-refractivity contribution in [1.82, 2.24) is 0 Å². The number of hydrogen-bond donors (Lipinski definition) is 2. The quantitative estimate of drug-likeness (QED) is 0.782. The smallest absolute Gasteiger partial charge is 0.224 e. The molecule has 0 saturated carbocycles. The van der Waals surface area contributed by atoms with E-state index in [1.54, 1.807) is 0 Å². The normalized spacial score (nSPS) is 9.35. The monoisotopic (exact) mass is 231 g/mol. The summed E-state index contributed by atoms with van der Waals surface area (Å²) in [6.07, 6.45) is 1.37. The highest BCUT2D eigenvalue weighted by atomic mass is 16.2. The summed E-state index contributed by atoms with van der Waals surface area (Å²) in [7, 11) is 0. The highest BCUT2D eigenvalue weighted by Gasteiger charge is 2.02. The van der Waals surface area contributed by atoms with E-state index in [2.05, 4.69) is 17.2 Å². The molecule has 0 bridgehead atoms. The van der Waals surface area contributed by atoms with Gasteiger partial charge in [-0.2, -0.15) is 0 Å². The molecule has 2 N–H and O–H groups in total. The van der Waals surface area contributed by atoms with E-state index >= 15 is 0 Å². The Hall–Kier alpha value is -1.79. The number of carbonyl (C=O) groups is 1. The first-order valence-electron chi connectivity index (χ1n) is 5.67. The van der Waals surface area contributed by atoms with Gasteiger partial charge in [0, 0.05) is 17.7 Å². The third-order valence-corrected chi connectivity index (χ3v) is 2.29. The Labute approximate surface area is 102 Å². The van der Waals surface area contributed by atoms with E-state index in [1.807, 2.05) is 32.0 Å². The average Bonchev–Trinajstić information content (AvgIpc) is 2.28. The van der Waals surface area contributed by atoms with Gasteiger partial charge in [0.05, 0.1) is 0 Å². The highest BCUT2D eigenvalue weighted by molar-refractivity contribution is 5.90. The number of anilines is 1. The predicted octanol–water partition coefficient (Wildman–Crippen LogP) is 2.08. The number of aliphatic hydroxyl groups excluding tert-OH is 1. The van der Waals surface area contributed by atoms with Gasteiger partial charge >= 0.3 is 0 Å². The van der Waals surface area contributed by atoms with E-state index in [1.165, 1.54) is 0 Å². The minimum absolute atomic E-state index is 0.0288. The number of carbonyl (C=O) groups excluding carboxylic acids is 1. The van der Waals surface area contributed by atoms with Gasteiger partial charge in [-0.1, -0.05) is 18.8 Å². The maximum atomic E-state index is 11.4. The molecule has 90 valence electrons. The van der Waals surface area contributed by atoms with Crippen LogP contribution < -0.4 is 5.32 Å². The second-order valence-electron chi connectivity index (χ2n) is 3.79. The van der Waals surface area contributed by atoms with E-state index in [4.69, 9.17) is 5.11 Å². The van der Waals surface area contributed by atoms with Gasteiger partial charge in [0.2, 0.25) is 5.91 Å². The Morgan fingerprint density at radius 3 is 2.82 bits per heavy atom. The van der Waals surface area contributed by atoms with Gasteiger partial charge in [-0.05, 0) is 37.1 Å². The van der Waals surface area contributed by atoms with Gasteiger partial charge in [-0.15, -0.1) is 0 Å². The largest absolute Gasteiger partial charge is 0.384 e. The zero-order chi connectivity index (χ0) is 12.7. The van der Waals surface area contributed by atoms with Crippen LogP contribution in [-0.2, 0) is 4.79 Å². The van der Waals surface area contributed by atoms with Gasteiger partial charge in [0.15, 0.2) is 0 Å². The molecule has 17 heavy (non-hydrogen) atoms. The summed E-state index contributed by atoms with van der Waals surface area (Å²) in [5, 5.41) is 11.5. The van der Waals surface area contributed by atoms with Crippen LogP contribution in [0.25, 0.3) is 0 Å². The van der Waals surface area contributed by atoms with E-state index in [-0.39, 0.29) is 12.5 Å². The zero-order valence-corrected chi connectivity index (χ0v) is 10.2. The zero-order valence-electron chi connectivity index (χ0n) is 10.2. The highest BCUT2D eigenvalue weighted by Crippen LogP contribution is 2.14. The minimum Gasteiger partial charge on any atom is -0.384 e. The molecule has 0 aliphatic carbocycles. The lowest BCUT2D eigenvalue weighted by Gasteiger charge is -2.06. The van der Waals surface area contributed by atoms with Gasteiger partial charge in [0.25, 0.3) is 0 Å². The van der Waals surface area contributed by atoms with Crippen molar-refractivity contribution >= 4 is 11.6 Å². The predicted molar refractivity (Wildman–Crippen MR) is 68.7 cm³/mol. The molecule has 3 heteroatoms. The fourth-order valence-electron chi connectivity index (χ4n) is 1.47. The molecule has 0 aromatic heterocycles. The van der Waals surface area contributed by atoms with Crippen molar-refractivity contribution < 1.29 is 9.90 Å². The fraction of sp³-hybridized carbons (Fsp3) is 0.357. The van der Waals surface area contributed by atoms with E-state index in [0.717, 1.165) is 23.2 Å². The van der Waals surface area contributed by atoms with Crippen LogP contribution in [0.3, 0.4) is 0 Å². The summed E-state index contributed by atoms with van der Waals surface area (Å²) in [5.74, 6) is 5.49. The van der Waals surface area contributed by atoms with E-state index in [9.17, 15) is 4.79 Å². The van der Waals surface area contributed by atoms with Crippen LogP contribution in [0, 0.1) is 18.8 Å². The number of benzene rings is 1. The molecule has 0 aliphatic heterocycles. The number of hydrogen-bond acceptors (Lipinski definition) is 2. The maximum absolute atomic E-state index is 11.4. The standard InChI is InChI=1S/C14H17NO2/c1-3-5-14(17)15-13-8-7-12(6-4-9-16)11(2)10-13/h7-8,10,16H,3,5,9H2,1-2H3,(H,15,17). The van der Waals surface area contributed by atoms with Crippen molar-refractivity contribution in [3.63, 3.8) is 0 Å². The van der Waals surface area contributed by atoms with Crippen LogP contribution in [0.5, 0.6) is 0 Å². The van der Waals surface area contributed by atoms with Gasteiger partial charge < -0.3 is 10.4 Å². The number of aliphatic hydroxyl groups is 1. The first-order valence-corrected chi connectivity index (χ1v) is 5.67. The molecular weight excluding hydrogens is 214 g/mol. The van der Waals surface area contributed by atoms with Crippen molar-refractivity contribution in [3.8, 4) is 11.8 Å². The first-order chi connectivity index (χ1) is 8.17. The molecule has 1 aromatic carbocycles. The topological polar surface area (TPSA) is 49.3 Å². The van der Waals surface area contributed by atoms with Crippen molar-refractivity contribution in [2.45, 2.75) is 26.7 Å². The molecule has 0 atom stereocenters. The Morgan fingerprint density at radius 1 is 1.47 bits per heavy atom. The van der Waals surface area contributed by atoms with Crippen LogP contribution in [-0.4, -0.2) is 17.6 Å². The first kappa shape index (κ1) is 13.3. The van der Waals surface area contributed by atoms with Crippen LogP contribution in [0.1, 0.15) is 30.9 Å². The summed E-state index contributed by atoms with van der Waals surface area (Å²) in [6.45, 7) is 3.75. The number of amides is 1. The molecule has 3 nitrogen and oxygen atoms in total. The molecule has 0 heterocycles. The van der Waals surface area contributed by atoms with Crippen molar-refractivity contribution in [2.24, 2.45) is 0 Å². The Kier molecular flexibility index (Phi) is 5.25. The van der Waals surface area contributed by atoms with Crippen LogP contribution in [0.15, 0.2) is 18.2 Å².